The molecule has 0 rings (SSSR count). The molecule has 0 saturated heterocycles. The second kappa shape index (κ2) is 17.4. The standard InChI is InChI=1S/C20H33IO8S4/c1-12(30)4-16(22)26-8-20(9-27-17(23)5-13(2)31,10-28-18(24)6-14(3)32)11-29-19(25)7-15(21)33/h12-15,30-33H,4-11H2,1-3H3. The summed E-state index contributed by atoms with van der Waals surface area (Å²) in [5.41, 5.74) is -1.30. The van der Waals surface area contributed by atoms with Crippen LogP contribution < -0.4 is 0 Å². The monoisotopic (exact) mass is 656 g/mol. The average molecular weight is 657 g/mol. The van der Waals surface area contributed by atoms with Crippen molar-refractivity contribution in [1.82, 2.24) is 0 Å². The van der Waals surface area contributed by atoms with Crippen molar-refractivity contribution in [3.63, 3.8) is 0 Å². The summed E-state index contributed by atoms with van der Waals surface area (Å²) in [6.07, 6.45) is 0.166. The number of thiol groups is 4. The van der Waals surface area contributed by atoms with Crippen LogP contribution >= 0.6 is 73.1 Å². The molecule has 0 aliphatic rings. The Bertz CT molecular complexity index is 534. The number of hydrogen-bond donors (Lipinski definition) is 4. The lowest BCUT2D eigenvalue weighted by molar-refractivity contribution is -0.170. The first-order chi connectivity index (χ1) is 15.2. The Kier molecular flexibility index (Phi) is 17.4. The van der Waals surface area contributed by atoms with Crippen molar-refractivity contribution in [2.75, 3.05) is 26.4 Å². The van der Waals surface area contributed by atoms with Crippen LogP contribution in [0.5, 0.6) is 0 Å². The van der Waals surface area contributed by atoms with E-state index in [1.807, 2.05) is 22.6 Å². The molecule has 0 heterocycles. The molecule has 0 bridgehead atoms. The Morgan fingerprint density at radius 3 is 1.06 bits per heavy atom. The highest BCUT2D eigenvalue weighted by Gasteiger charge is 2.38. The highest BCUT2D eigenvalue weighted by Crippen LogP contribution is 2.24. The molecule has 0 fully saturated rings. The maximum Gasteiger partial charge on any atom is 0.307 e. The Balaban J connectivity index is 5.59. The van der Waals surface area contributed by atoms with Crippen LogP contribution in [0.1, 0.15) is 46.5 Å². The van der Waals surface area contributed by atoms with Gasteiger partial charge in [-0.3, -0.25) is 19.2 Å². The lowest BCUT2D eigenvalue weighted by atomic mass is 9.92. The highest BCUT2D eigenvalue weighted by atomic mass is 127. The minimum atomic E-state index is -1.30. The largest absolute Gasteiger partial charge is 0.465 e. The summed E-state index contributed by atoms with van der Waals surface area (Å²) in [5, 5.41) is -0.694. The molecule has 0 aromatic carbocycles. The van der Waals surface area contributed by atoms with Gasteiger partial charge in [0.05, 0.1) is 28.9 Å². The molecule has 0 aromatic heterocycles. The number of halogens is 1. The van der Waals surface area contributed by atoms with E-state index in [0.717, 1.165) is 0 Å². The van der Waals surface area contributed by atoms with Crippen molar-refractivity contribution >= 4 is 97.0 Å². The molecule has 0 spiro atoms. The van der Waals surface area contributed by atoms with Gasteiger partial charge in [0, 0.05) is 15.7 Å². The van der Waals surface area contributed by atoms with E-state index >= 15 is 0 Å². The minimum absolute atomic E-state index is 0.0324. The van der Waals surface area contributed by atoms with Crippen LogP contribution in [0.25, 0.3) is 0 Å². The van der Waals surface area contributed by atoms with E-state index in [0.29, 0.717) is 0 Å². The van der Waals surface area contributed by atoms with Crippen molar-refractivity contribution in [1.29, 1.82) is 0 Å². The van der Waals surface area contributed by atoms with Crippen molar-refractivity contribution in [2.24, 2.45) is 5.41 Å². The number of rotatable bonds is 16. The first-order valence-corrected chi connectivity index (χ1v) is 13.5. The molecule has 8 nitrogen and oxygen atoms in total. The molecule has 192 valence electrons. The Labute approximate surface area is 231 Å². The molecule has 0 aromatic rings. The molecule has 4 unspecified atom stereocenters. The van der Waals surface area contributed by atoms with Crippen LogP contribution in [-0.2, 0) is 38.1 Å². The zero-order valence-electron chi connectivity index (χ0n) is 18.9. The average Bonchev–Trinajstić information content (AvgIpc) is 2.64. The van der Waals surface area contributed by atoms with Crippen molar-refractivity contribution in [2.45, 2.75) is 65.5 Å². The van der Waals surface area contributed by atoms with E-state index in [1.165, 1.54) is 0 Å². The smallest absolute Gasteiger partial charge is 0.307 e. The number of hydrogen-bond acceptors (Lipinski definition) is 12. The fraction of sp³-hybridized carbons (Fsp3) is 0.800. The molecule has 0 N–H and O–H groups in total. The van der Waals surface area contributed by atoms with Gasteiger partial charge in [-0.1, -0.05) is 43.4 Å². The van der Waals surface area contributed by atoms with E-state index in [9.17, 15) is 19.2 Å². The summed E-state index contributed by atoms with van der Waals surface area (Å²) in [4.78, 5) is 48.5. The van der Waals surface area contributed by atoms with Crippen molar-refractivity contribution in [3.8, 4) is 0 Å². The third kappa shape index (κ3) is 18.0. The topological polar surface area (TPSA) is 105 Å². The van der Waals surface area contributed by atoms with Gasteiger partial charge in [0.2, 0.25) is 0 Å². The van der Waals surface area contributed by atoms with Gasteiger partial charge in [0.15, 0.2) is 0 Å². The molecule has 0 saturated carbocycles. The second-order valence-corrected chi connectivity index (χ2v) is 13.7. The second-order valence-electron chi connectivity index (χ2n) is 7.94. The zero-order chi connectivity index (χ0) is 25.6. The predicted molar refractivity (Wildman–Crippen MR) is 147 cm³/mol. The fourth-order valence-corrected chi connectivity index (χ4v) is 3.24. The summed E-state index contributed by atoms with van der Waals surface area (Å²) < 4.78 is 21.1. The van der Waals surface area contributed by atoms with Crippen molar-refractivity contribution < 1.29 is 38.1 Å². The lowest BCUT2D eigenvalue weighted by Gasteiger charge is -2.32. The molecule has 0 radical (unpaired) electrons. The van der Waals surface area contributed by atoms with Gasteiger partial charge in [-0.05, 0) is 0 Å². The molecule has 4 atom stereocenters. The van der Waals surface area contributed by atoms with Crippen molar-refractivity contribution in [3.05, 3.63) is 0 Å². The van der Waals surface area contributed by atoms with E-state index < -0.39 is 29.3 Å². The quantitative estimate of drug-likeness (QED) is 0.0660. The van der Waals surface area contributed by atoms with Crippen LogP contribution in [0.2, 0.25) is 0 Å². The number of alkyl halides is 1. The Hall–Kier alpha value is 0.01000. The van der Waals surface area contributed by atoms with Gasteiger partial charge in [-0.2, -0.15) is 50.5 Å². The number of ether oxygens (including phenoxy) is 4. The van der Waals surface area contributed by atoms with Gasteiger partial charge in [-0.25, -0.2) is 0 Å². The van der Waals surface area contributed by atoms with E-state index in [1.54, 1.807) is 20.8 Å². The Morgan fingerprint density at radius 1 is 0.606 bits per heavy atom. The summed E-state index contributed by atoms with van der Waals surface area (Å²) >= 11 is 18.6. The molecule has 13 heteroatoms. The first-order valence-electron chi connectivity index (χ1n) is 10.2. The van der Waals surface area contributed by atoms with Gasteiger partial charge in [0.1, 0.15) is 31.8 Å². The SMILES string of the molecule is CC(S)CC(=O)OCC(COC(=O)CC(C)S)(COC(=O)CC(C)S)COC(=O)CC(S)I. The predicted octanol–water partition coefficient (Wildman–Crippen LogP) is 3.35. The fourth-order valence-electron chi connectivity index (χ4n) is 2.28. The van der Waals surface area contributed by atoms with E-state index in [2.05, 4.69) is 50.5 Å². The van der Waals surface area contributed by atoms with E-state index in [4.69, 9.17) is 18.9 Å². The van der Waals surface area contributed by atoms with Crippen LogP contribution in [-0.4, -0.2) is 69.3 Å². The molecule has 33 heavy (non-hydrogen) atoms. The third-order valence-corrected chi connectivity index (χ3v) is 5.05. The molecular formula is C20H33IO8S4. The zero-order valence-corrected chi connectivity index (χ0v) is 24.6. The highest BCUT2D eigenvalue weighted by molar-refractivity contribution is 14.1. The summed E-state index contributed by atoms with van der Waals surface area (Å²) in [5.74, 6) is -2.17. The van der Waals surface area contributed by atoms with Crippen LogP contribution in [0, 0.1) is 5.41 Å². The summed E-state index contributed by atoms with van der Waals surface area (Å²) in [7, 11) is 0. The number of carbonyl (C=O) groups is 4. The van der Waals surface area contributed by atoms with Gasteiger partial charge in [-0.15, -0.1) is 0 Å². The van der Waals surface area contributed by atoms with Gasteiger partial charge >= 0.3 is 23.9 Å². The van der Waals surface area contributed by atoms with Gasteiger partial charge < -0.3 is 18.9 Å². The van der Waals surface area contributed by atoms with Crippen LogP contribution in [0.3, 0.4) is 0 Å². The third-order valence-electron chi connectivity index (χ3n) is 3.88. The van der Waals surface area contributed by atoms with Crippen LogP contribution in [0.15, 0.2) is 0 Å². The molecule has 0 aliphatic heterocycles. The maximum absolute atomic E-state index is 12.1. The van der Waals surface area contributed by atoms with E-state index in [-0.39, 0.29) is 71.1 Å². The number of carbonyl (C=O) groups excluding carboxylic acids is 4. The van der Waals surface area contributed by atoms with Gasteiger partial charge in [0.25, 0.3) is 0 Å². The van der Waals surface area contributed by atoms with Crippen LogP contribution in [0.4, 0.5) is 0 Å². The molecule has 0 amide bonds. The summed E-state index contributed by atoms with van der Waals surface area (Å²) in [6.45, 7) is 3.99. The normalized spacial score (nSPS) is 16.5. The lowest BCUT2D eigenvalue weighted by Crippen LogP contribution is -2.44. The number of esters is 4. The molecular weight excluding hydrogens is 623 g/mol. The maximum atomic E-state index is 12.1. The summed E-state index contributed by atoms with van der Waals surface area (Å²) in [6, 6.07) is 0. The Morgan fingerprint density at radius 2 is 0.848 bits per heavy atom. The first kappa shape index (κ1) is 33.0. The minimum Gasteiger partial charge on any atom is -0.465 e. The molecule has 0 aliphatic carbocycles.